The lowest BCUT2D eigenvalue weighted by Crippen LogP contribution is -2.14. The Hall–Kier alpha value is -0.540. The standard InChI is InChI=1S/C15H18ClFOS/c16-14-7-4-8-15(17)13(14)9-11(18)10-19-12-5-2-1-3-6-12/h4,7-8,12H,1-3,5-6,9-10H2. The summed E-state index contributed by atoms with van der Waals surface area (Å²) in [5.74, 6) is 0.140. The van der Waals surface area contributed by atoms with Crippen LogP contribution in [0.1, 0.15) is 37.7 Å². The number of Topliss-reactive ketones (excluding diaryl/α,β-unsaturated/α-hetero) is 1. The van der Waals surface area contributed by atoms with Crippen molar-refractivity contribution < 1.29 is 9.18 Å². The summed E-state index contributed by atoms with van der Waals surface area (Å²) in [6, 6.07) is 4.53. The Morgan fingerprint density at radius 1 is 1.32 bits per heavy atom. The molecule has 0 aromatic heterocycles. The molecule has 1 fully saturated rings. The maximum Gasteiger partial charge on any atom is 0.147 e. The van der Waals surface area contributed by atoms with Crippen LogP contribution in [0.3, 0.4) is 0 Å². The summed E-state index contributed by atoms with van der Waals surface area (Å²) in [6.45, 7) is 0. The Morgan fingerprint density at radius 3 is 2.74 bits per heavy atom. The third-order valence-electron chi connectivity index (χ3n) is 3.47. The van der Waals surface area contributed by atoms with E-state index in [1.54, 1.807) is 23.9 Å². The lowest BCUT2D eigenvalue weighted by atomic mass is 10.0. The van der Waals surface area contributed by atoms with Crippen LogP contribution < -0.4 is 0 Å². The fourth-order valence-corrected chi connectivity index (χ4v) is 3.81. The van der Waals surface area contributed by atoms with Crippen LogP contribution in [0.2, 0.25) is 5.02 Å². The van der Waals surface area contributed by atoms with E-state index >= 15 is 0 Å². The first-order chi connectivity index (χ1) is 9.16. The number of hydrogen-bond donors (Lipinski definition) is 0. The van der Waals surface area contributed by atoms with Crippen LogP contribution in [-0.4, -0.2) is 16.8 Å². The molecule has 1 aromatic rings. The molecule has 2 rings (SSSR count). The van der Waals surface area contributed by atoms with Gasteiger partial charge in [-0.3, -0.25) is 4.79 Å². The normalized spacial score (nSPS) is 16.5. The second-order valence-corrected chi connectivity index (χ2v) is 6.68. The predicted octanol–water partition coefficient (Wildman–Crippen LogP) is 4.66. The maximum atomic E-state index is 13.6. The number of ketones is 1. The van der Waals surface area contributed by atoms with Crippen molar-refractivity contribution in [1.82, 2.24) is 0 Å². The Balaban J connectivity index is 1.83. The minimum absolute atomic E-state index is 0.0579. The van der Waals surface area contributed by atoms with Gasteiger partial charge in [-0.2, -0.15) is 11.8 Å². The minimum atomic E-state index is -0.386. The molecule has 0 unspecified atom stereocenters. The zero-order valence-corrected chi connectivity index (χ0v) is 12.4. The molecule has 0 spiro atoms. The summed E-state index contributed by atoms with van der Waals surface area (Å²) >= 11 is 7.64. The molecule has 19 heavy (non-hydrogen) atoms. The largest absolute Gasteiger partial charge is 0.298 e. The molecule has 0 radical (unpaired) electrons. The van der Waals surface area contributed by atoms with Crippen molar-refractivity contribution in [2.45, 2.75) is 43.8 Å². The molecule has 1 aliphatic carbocycles. The average Bonchev–Trinajstić information content (AvgIpc) is 2.42. The minimum Gasteiger partial charge on any atom is -0.298 e. The highest BCUT2D eigenvalue weighted by molar-refractivity contribution is 8.00. The van der Waals surface area contributed by atoms with E-state index in [9.17, 15) is 9.18 Å². The molecule has 0 N–H and O–H groups in total. The summed E-state index contributed by atoms with van der Waals surface area (Å²) in [5, 5.41) is 0.949. The topological polar surface area (TPSA) is 17.1 Å². The molecular weight excluding hydrogens is 283 g/mol. The van der Waals surface area contributed by atoms with Crippen molar-refractivity contribution in [3.63, 3.8) is 0 Å². The van der Waals surface area contributed by atoms with E-state index in [4.69, 9.17) is 11.6 Å². The van der Waals surface area contributed by atoms with Crippen molar-refractivity contribution in [3.05, 3.63) is 34.6 Å². The molecular formula is C15H18ClFOS. The lowest BCUT2D eigenvalue weighted by molar-refractivity contribution is -0.116. The van der Waals surface area contributed by atoms with Crippen molar-refractivity contribution >= 4 is 29.1 Å². The zero-order chi connectivity index (χ0) is 13.7. The maximum absolute atomic E-state index is 13.6. The quantitative estimate of drug-likeness (QED) is 0.787. The zero-order valence-electron chi connectivity index (χ0n) is 10.8. The molecule has 0 bridgehead atoms. The summed E-state index contributed by atoms with van der Waals surface area (Å²) in [4.78, 5) is 11.9. The third-order valence-corrected chi connectivity index (χ3v) is 5.25. The molecule has 104 valence electrons. The molecule has 0 amide bonds. The SMILES string of the molecule is O=C(CSC1CCCCC1)Cc1c(F)cccc1Cl. The number of halogens is 2. The van der Waals surface area contributed by atoms with Gasteiger partial charge in [-0.1, -0.05) is 36.9 Å². The van der Waals surface area contributed by atoms with E-state index in [1.807, 2.05) is 0 Å². The van der Waals surface area contributed by atoms with Crippen molar-refractivity contribution in [3.8, 4) is 0 Å². The van der Waals surface area contributed by atoms with Gasteiger partial charge in [-0.15, -0.1) is 0 Å². The Bertz CT molecular complexity index is 424. The fourth-order valence-electron chi connectivity index (χ4n) is 2.39. The monoisotopic (exact) mass is 300 g/mol. The number of rotatable bonds is 5. The summed E-state index contributed by atoms with van der Waals surface area (Å²) in [6.07, 6.45) is 6.37. The second kappa shape index (κ2) is 7.30. The van der Waals surface area contributed by atoms with E-state index < -0.39 is 0 Å². The highest BCUT2D eigenvalue weighted by Gasteiger charge is 2.17. The number of hydrogen-bond acceptors (Lipinski definition) is 2. The van der Waals surface area contributed by atoms with Gasteiger partial charge in [0.15, 0.2) is 0 Å². The fraction of sp³-hybridized carbons (Fsp3) is 0.533. The number of carbonyl (C=O) groups excluding carboxylic acids is 1. The van der Waals surface area contributed by atoms with Gasteiger partial charge in [0, 0.05) is 22.3 Å². The van der Waals surface area contributed by atoms with Crippen molar-refractivity contribution in [1.29, 1.82) is 0 Å². The van der Waals surface area contributed by atoms with E-state index in [1.165, 1.54) is 38.2 Å². The molecule has 1 aromatic carbocycles. The first kappa shape index (κ1) is 14.9. The van der Waals surface area contributed by atoms with Crippen LogP contribution in [0, 0.1) is 5.82 Å². The van der Waals surface area contributed by atoms with E-state index in [0.717, 1.165) is 0 Å². The highest BCUT2D eigenvalue weighted by atomic mass is 35.5. The summed E-state index contributed by atoms with van der Waals surface area (Å²) in [7, 11) is 0. The average molecular weight is 301 g/mol. The van der Waals surface area contributed by atoms with Gasteiger partial charge in [-0.05, 0) is 25.0 Å². The number of carbonyl (C=O) groups is 1. The van der Waals surface area contributed by atoms with Gasteiger partial charge in [0.1, 0.15) is 11.6 Å². The summed E-state index contributed by atoms with van der Waals surface area (Å²) in [5.41, 5.74) is 0.332. The number of thioether (sulfide) groups is 1. The first-order valence-electron chi connectivity index (χ1n) is 6.73. The van der Waals surface area contributed by atoms with Crippen LogP contribution in [-0.2, 0) is 11.2 Å². The molecule has 0 saturated heterocycles. The highest BCUT2D eigenvalue weighted by Crippen LogP contribution is 2.28. The Morgan fingerprint density at radius 2 is 2.05 bits per heavy atom. The molecule has 4 heteroatoms. The van der Waals surface area contributed by atoms with Gasteiger partial charge >= 0.3 is 0 Å². The van der Waals surface area contributed by atoms with Gasteiger partial charge < -0.3 is 0 Å². The van der Waals surface area contributed by atoms with Crippen LogP contribution in [0.4, 0.5) is 4.39 Å². The van der Waals surface area contributed by atoms with E-state index in [0.29, 0.717) is 21.6 Å². The Labute approximate surface area is 122 Å². The van der Waals surface area contributed by atoms with E-state index in [-0.39, 0.29) is 18.0 Å². The van der Waals surface area contributed by atoms with Gasteiger partial charge in [0.05, 0.1) is 5.75 Å². The molecule has 1 aliphatic rings. The molecule has 0 heterocycles. The molecule has 1 saturated carbocycles. The number of benzene rings is 1. The van der Waals surface area contributed by atoms with Crippen molar-refractivity contribution in [2.75, 3.05) is 5.75 Å². The molecule has 1 nitrogen and oxygen atoms in total. The molecule has 0 aliphatic heterocycles. The summed E-state index contributed by atoms with van der Waals surface area (Å²) < 4.78 is 13.6. The van der Waals surface area contributed by atoms with Gasteiger partial charge in [-0.25, -0.2) is 4.39 Å². The van der Waals surface area contributed by atoms with Gasteiger partial charge in [0.25, 0.3) is 0 Å². The third kappa shape index (κ3) is 4.50. The predicted molar refractivity (Wildman–Crippen MR) is 79.5 cm³/mol. The Kier molecular flexibility index (Phi) is 5.71. The van der Waals surface area contributed by atoms with Crippen LogP contribution in [0.25, 0.3) is 0 Å². The van der Waals surface area contributed by atoms with Crippen LogP contribution in [0.5, 0.6) is 0 Å². The second-order valence-electron chi connectivity index (χ2n) is 4.99. The first-order valence-corrected chi connectivity index (χ1v) is 8.15. The van der Waals surface area contributed by atoms with Crippen LogP contribution in [0.15, 0.2) is 18.2 Å². The molecule has 0 atom stereocenters. The van der Waals surface area contributed by atoms with Crippen LogP contribution >= 0.6 is 23.4 Å². The van der Waals surface area contributed by atoms with Gasteiger partial charge in [0.2, 0.25) is 0 Å². The smallest absolute Gasteiger partial charge is 0.147 e. The lowest BCUT2D eigenvalue weighted by Gasteiger charge is -2.20. The van der Waals surface area contributed by atoms with Crippen molar-refractivity contribution in [2.24, 2.45) is 0 Å². The van der Waals surface area contributed by atoms with E-state index in [2.05, 4.69) is 0 Å².